The maximum atomic E-state index is 11.6. The van der Waals surface area contributed by atoms with Crippen LogP contribution >= 0.6 is 24.0 Å². The number of aromatic nitrogens is 1. The van der Waals surface area contributed by atoms with Gasteiger partial charge in [-0.3, -0.25) is 9.79 Å². The van der Waals surface area contributed by atoms with Crippen LogP contribution in [0.25, 0.3) is 0 Å². The Hall–Kier alpha value is -2.23. The molecule has 0 bridgehead atoms. The monoisotopic (exact) mass is 484 g/mol. The average Bonchev–Trinajstić information content (AvgIpc) is 2.88. The van der Waals surface area contributed by atoms with Gasteiger partial charge in [0.2, 0.25) is 5.56 Å². The van der Waals surface area contributed by atoms with Crippen LogP contribution in [-0.2, 0) is 6.54 Å². The Morgan fingerprint density at radius 2 is 1.96 bits per heavy atom. The number of anilines is 1. The van der Waals surface area contributed by atoms with Crippen molar-refractivity contribution in [3.63, 3.8) is 0 Å². The van der Waals surface area contributed by atoms with E-state index in [2.05, 4.69) is 10.3 Å². The summed E-state index contributed by atoms with van der Waals surface area (Å²) in [5.41, 5.74) is 6.77. The first-order valence-corrected chi connectivity index (χ1v) is 8.84. The fourth-order valence-electron chi connectivity index (χ4n) is 2.67. The third-order valence-corrected chi connectivity index (χ3v) is 4.01. The van der Waals surface area contributed by atoms with Gasteiger partial charge in [0.15, 0.2) is 17.5 Å². The van der Waals surface area contributed by atoms with Gasteiger partial charge < -0.3 is 25.1 Å². The Kier molecular flexibility index (Phi) is 8.43. The lowest BCUT2D eigenvalue weighted by Crippen LogP contribution is -2.23. The summed E-state index contributed by atoms with van der Waals surface area (Å²) in [6.45, 7) is 2.60. The molecular formula is C19H25IN4O3. The highest BCUT2D eigenvalue weighted by Crippen LogP contribution is 2.32. The molecule has 1 aromatic carbocycles. The van der Waals surface area contributed by atoms with Gasteiger partial charge in [0, 0.05) is 43.5 Å². The Morgan fingerprint density at radius 1 is 1.15 bits per heavy atom. The molecule has 0 aliphatic carbocycles. The van der Waals surface area contributed by atoms with Crippen molar-refractivity contribution in [2.24, 2.45) is 10.7 Å². The van der Waals surface area contributed by atoms with Crippen LogP contribution in [0.1, 0.15) is 19.3 Å². The Balaban J connectivity index is 0.00000261. The largest absolute Gasteiger partial charge is 0.490 e. The first-order chi connectivity index (χ1) is 12.7. The number of aryl methyl sites for hydroxylation is 1. The van der Waals surface area contributed by atoms with E-state index in [0.29, 0.717) is 38.0 Å². The number of ether oxygens (including phenoxy) is 2. The van der Waals surface area contributed by atoms with E-state index < -0.39 is 0 Å². The lowest BCUT2D eigenvalue weighted by Gasteiger charge is -2.10. The van der Waals surface area contributed by atoms with Crippen molar-refractivity contribution in [3.05, 3.63) is 52.9 Å². The molecule has 0 fully saturated rings. The SMILES string of the molecule is I.NC(=NCCCCn1ccccc1=O)Nc1ccc2c(c1)OCCCO2. The number of nitrogens with two attached hydrogens (primary N) is 1. The Bertz CT molecular complexity index is 823. The molecule has 0 spiro atoms. The van der Waals surface area contributed by atoms with E-state index in [-0.39, 0.29) is 29.5 Å². The second-order valence-electron chi connectivity index (χ2n) is 6.04. The number of nitrogens with zero attached hydrogens (tertiary/aromatic N) is 2. The number of hydrogen-bond donors (Lipinski definition) is 2. The first-order valence-electron chi connectivity index (χ1n) is 8.84. The van der Waals surface area contributed by atoms with Gasteiger partial charge in [0.25, 0.3) is 0 Å². The molecular weight excluding hydrogens is 459 g/mol. The number of benzene rings is 1. The highest BCUT2D eigenvalue weighted by atomic mass is 127. The minimum absolute atomic E-state index is 0. The van der Waals surface area contributed by atoms with Crippen LogP contribution in [0.3, 0.4) is 0 Å². The van der Waals surface area contributed by atoms with Crippen molar-refractivity contribution in [2.45, 2.75) is 25.8 Å². The van der Waals surface area contributed by atoms with Gasteiger partial charge in [-0.15, -0.1) is 24.0 Å². The fraction of sp³-hybridized carbons (Fsp3) is 0.368. The van der Waals surface area contributed by atoms with E-state index in [9.17, 15) is 4.79 Å². The van der Waals surface area contributed by atoms with Crippen molar-refractivity contribution < 1.29 is 9.47 Å². The zero-order valence-corrected chi connectivity index (χ0v) is 17.4. The van der Waals surface area contributed by atoms with Crippen LogP contribution in [0.2, 0.25) is 0 Å². The van der Waals surface area contributed by atoms with Crippen LogP contribution in [-0.4, -0.2) is 30.3 Å². The van der Waals surface area contributed by atoms with Gasteiger partial charge in [0.1, 0.15) is 0 Å². The average molecular weight is 484 g/mol. The summed E-state index contributed by atoms with van der Waals surface area (Å²) in [7, 11) is 0. The molecule has 3 rings (SSSR count). The molecule has 1 aromatic heterocycles. The van der Waals surface area contributed by atoms with E-state index in [1.54, 1.807) is 22.9 Å². The van der Waals surface area contributed by atoms with Crippen LogP contribution in [0.5, 0.6) is 11.5 Å². The highest BCUT2D eigenvalue weighted by molar-refractivity contribution is 14.0. The molecule has 0 atom stereocenters. The molecule has 3 N–H and O–H groups in total. The third kappa shape index (κ3) is 6.46. The smallest absolute Gasteiger partial charge is 0.250 e. The summed E-state index contributed by atoms with van der Waals surface area (Å²) in [6, 6.07) is 10.8. The van der Waals surface area contributed by atoms with Crippen LogP contribution in [0.4, 0.5) is 5.69 Å². The standard InChI is InChI=1S/C19H24N4O3.HI/c20-19(21-9-2-4-11-23-10-3-1-6-18(23)24)22-15-7-8-16-17(14-15)26-13-5-12-25-16;/h1,3,6-8,10,14H,2,4-5,9,11-13H2,(H3,20,21,22);1H. The number of hydrogen-bond acceptors (Lipinski definition) is 4. The van der Waals surface area contributed by atoms with Crippen molar-refractivity contribution in [1.82, 2.24) is 4.57 Å². The number of pyridine rings is 1. The van der Waals surface area contributed by atoms with Crippen LogP contribution < -0.4 is 26.1 Å². The fourth-order valence-corrected chi connectivity index (χ4v) is 2.67. The first kappa shape index (κ1) is 21.1. The zero-order chi connectivity index (χ0) is 18.2. The van der Waals surface area contributed by atoms with E-state index in [1.807, 2.05) is 24.3 Å². The maximum Gasteiger partial charge on any atom is 0.250 e. The molecule has 0 saturated heterocycles. The zero-order valence-electron chi connectivity index (χ0n) is 15.1. The molecule has 146 valence electrons. The molecule has 2 heterocycles. The number of nitrogens with one attached hydrogen (secondary N) is 1. The van der Waals surface area contributed by atoms with Crippen molar-refractivity contribution in [3.8, 4) is 11.5 Å². The second-order valence-corrected chi connectivity index (χ2v) is 6.04. The second kappa shape index (κ2) is 10.8. The minimum atomic E-state index is 0. The van der Waals surface area contributed by atoms with Crippen molar-refractivity contribution >= 4 is 35.6 Å². The summed E-state index contributed by atoms with van der Waals surface area (Å²) in [5, 5.41) is 3.07. The third-order valence-electron chi connectivity index (χ3n) is 4.01. The van der Waals surface area contributed by atoms with Gasteiger partial charge in [-0.1, -0.05) is 6.07 Å². The number of aliphatic imine (C=N–C) groups is 1. The predicted molar refractivity (Wildman–Crippen MR) is 118 cm³/mol. The van der Waals surface area contributed by atoms with Gasteiger partial charge in [0.05, 0.1) is 13.2 Å². The summed E-state index contributed by atoms with van der Waals surface area (Å²) in [4.78, 5) is 15.9. The van der Waals surface area contributed by atoms with Gasteiger partial charge >= 0.3 is 0 Å². The van der Waals surface area contributed by atoms with Crippen molar-refractivity contribution in [2.75, 3.05) is 25.1 Å². The summed E-state index contributed by atoms with van der Waals surface area (Å²) < 4.78 is 13.0. The van der Waals surface area contributed by atoms with Gasteiger partial charge in [-0.25, -0.2) is 0 Å². The molecule has 1 aliphatic heterocycles. The summed E-state index contributed by atoms with van der Waals surface area (Å²) in [6.07, 6.45) is 4.39. The molecule has 7 nitrogen and oxygen atoms in total. The summed E-state index contributed by atoms with van der Waals surface area (Å²) >= 11 is 0. The minimum Gasteiger partial charge on any atom is -0.490 e. The molecule has 0 amide bonds. The molecule has 1 aliphatic rings. The molecule has 2 aromatic rings. The molecule has 0 unspecified atom stereocenters. The van der Waals surface area contributed by atoms with E-state index in [4.69, 9.17) is 15.2 Å². The molecule has 0 saturated carbocycles. The van der Waals surface area contributed by atoms with E-state index in [0.717, 1.165) is 30.7 Å². The van der Waals surface area contributed by atoms with E-state index >= 15 is 0 Å². The molecule has 27 heavy (non-hydrogen) atoms. The van der Waals surface area contributed by atoms with Crippen LogP contribution in [0, 0.1) is 0 Å². The van der Waals surface area contributed by atoms with Gasteiger partial charge in [-0.05, 0) is 31.0 Å². The predicted octanol–water partition coefficient (Wildman–Crippen LogP) is 2.83. The highest BCUT2D eigenvalue weighted by Gasteiger charge is 2.10. The lowest BCUT2D eigenvalue weighted by atomic mass is 10.2. The number of rotatable bonds is 6. The number of fused-ring (bicyclic) bond motifs is 1. The number of unbranched alkanes of at least 4 members (excludes halogenated alkanes) is 1. The maximum absolute atomic E-state index is 11.6. The Labute approximate surface area is 175 Å². The quantitative estimate of drug-likeness (QED) is 0.285. The Morgan fingerprint density at radius 3 is 2.78 bits per heavy atom. The number of guanidine groups is 1. The topological polar surface area (TPSA) is 90.9 Å². The van der Waals surface area contributed by atoms with Gasteiger partial charge in [-0.2, -0.15) is 0 Å². The van der Waals surface area contributed by atoms with Crippen molar-refractivity contribution in [1.29, 1.82) is 0 Å². The van der Waals surface area contributed by atoms with Crippen LogP contribution in [0.15, 0.2) is 52.4 Å². The number of halogens is 1. The summed E-state index contributed by atoms with van der Waals surface area (Å²) in [5.74, 6) is 1.82. The lowest BCUT2D eigenvalue weighted by molar-refractivity contribution is 0.297. The molecule has 0 radical (unpaired) electrons. The van der Waals surface area contributed by atoms with E-state index in [1.165, 1.54) is 0 Å². The normalized spacial score (nSPS) is 13.4. The molecule has 8 heteroatoms.